The minimum atomic E-state index is -0.447. The molecule has 2 rings (SSSR count). The largest absolute Gasteiger partial charge is 0.506 e. The van der Waals surface area contributed by atoms with Crippen molar-refractivity contribution >= 4 is 17.6 Å². The predicted octanol–water partition coefficient (Wildman–Crippen LogP) is 3.11. The van der Waals surface area contributed by atoms with Crippen LogP contribution in [-0.2, 0) is 11.3 Å². The van der Waals surface area contributed by atoms with E-state index in [2.05, 4.69) is 4.98 Å². The summed E-state index contributed by atoms with van der Waals surface area (Å²) in [5.74, 6) is -0.364. The van der Waals surface area contributed by atoms with Crippen molar-refractivity contribution in [2.75, 3.05) is 0 Å². The third-order valence-corrected chi connectivity index (χ3v) is 2.82. The van der Waals surface area contributed by atoms with E-state index in [0.29, 0.717) is 21.8 Å². The number of aromatic nitrogens is 1. The van der Waals surface area contributed by atoms with E-state index < -0.39 is 5.97 Å². The molecule has 1 heterocycles. The van der Waals surface area contributed by atoms with Gasteiger partial charge in [-0.1, -0.05) is 11.6 Å². The van der Waals surface area contributed by atoms with Crippen molar-refractivity contribution in [3.63, 3.8) is 0 Å². The third kappa shape index (κ3) is 3.45. The van der Waals surface area contributed by atoms with E-state index in [1.165, 1.54) is 6.07 Å². The lowest BCUT2D eigenvalue weighted by atomic mass is 10.2. The van der Waals surface area contributed by atoms with Gasteiger partial charge < -0.3 is 9.84 Å². The number of halogens is 1. The number of benzene rings is 1. The number of carbonyl (C=O) groups is 1. The summed E-state index contributed by atoms with van der Waals surface area (Å²) in [4.78, 5) is 15.7. The fourth-order valence-corrected chi connectivity index (χ4v) is 1.59. The number of nitrogens with zero attached hydrogens (tertiary/aromatic N) is 1. The van der Waals surface area contributed by atoms with Crippen molar-refractivity contribution in [1.82, 2.24) is 4.98 Å². The average molecular weight is 278 g/mol. The van der Waals surface area contributed by atoms with Gasteiger partial charge in [0.05, 0.1) is 11.3 Å². The van der Waals surface area contributed by atoms with E-state index in [1.807, 2.05) is 0 Å². The van der Waals surface area contributed by atoms with Gasteiger partial charge in [-0.05, 0) is 37.3 Å². The molecule has 0 spiro atoms. The molecular weight excluding hydrogens is 266 g/mol. The van der Waals surface area contributed by atoms with Crippen LogP contribution in [-0.4, -0.2) is 16.1 Å². The first-order valence-electron chi connectivity index (χ1n) is 5.63. The molecule has 4 nitrogen and oxygen atoms in total. The number of hydrogen-bond donors (Lipinski definition) is 1. The fourth-order valence-electron chi connectivity index (χ4n) is 1.46. The van der Waals surface area contributed by atoms with Crippen LogP contribution >= 0.6 is 11.6 Å². The molecule has 0 saturated heterocycles. The van der Waals surface area contributed by atoms with E-state index in [9.17, 15) is 9.90 Å². The Hall–Kier alpha value is -2.07. The molecule has 0 saturated carbocycles. The molecule has 1 N–H and O–H groups in total. The van der Waals surface area contributed by atoms with Crippen LogP contribution in [0.25, 0.3) is 0 Å². The zero-order valence-electron chi connectivity index (χ0n) is 10.3. The molecule has 1 aromatic carbocycles. The number of ether oxygens (including phenoxy) is 1. The molecule has 0 radical (unpaired) electrons. The lowest BCUT2D eigenvalue weighted by Gasteiger charge is -2.06. The van der Waals surface area contributed by atoms with E-state index >= 15 is 0 Å². The van der Waals surface area contributed by atoms with Crippen molar-refractivity contribution in [2.45, 2.75) is 13.5 Å². The van der Waals surface area contributed by atoms with Gasteiger partial charge in [0.1, 0.15) is 12.4 Å². The summed E-state index contributed by atoms with van der Waals surface area (Å²) in [6, 6.07) is 7.96. The Balaban J connectivity index is 2.00. The van der Waals surface area contributed by atoms with Gasteiger partial charge in [0.2, 0.25) is 0 Å². The number of esters is 1. The number of aryl methyl sites for hydroxylation is 1. The number of hydrogen-bond acceptors (Lipinski definition) is 4. The fraction of sp³-hybridized carbons (Fsp3) is 0.143. The maximum Gasteiger partial charge on any atom is 0.338 e. The van der Waals surface area contributed by atoms with Gasteiger partial charge in [-0.25, -0.2) is 4.79 Å². The molecule has 0 unspecified atom stereocenters. The van der Waals surface area contributed by atoms with Crippen LogP contribution in [0.15, 0.2) is 36.5 Å². The van der Waals surface area contributed by atoms with E-state index in [0.717, 1.165) is 0 Å². The van der Waals surface area contributed by atoms with Crippen molar-refractivity contribution in [3.05, 3.63) is 58.4 Å². The highest BCUT2D eigenvalue weighted by Crippen LogP contribution is 2.16. The normalized spacial score (nSPS) is 10.2. The smallest absolute Gasteiger partial charge is 0.338 e. The molecule has 0 aliphatic rings. The second-order valence-corrected chi connectivity index (χ2v) is 4.47. The molecule has 98 valence electrons. The number of aromatic hydroxyl groups is 1. The van der Waals surface area contributed by atoms with Gasteiger partial charge >= 0.3 is 5.97 Å². The molecule has 1 aromatic heterocycles. The van der Waals surface area contributed by atoms with Crippen LogP contribution in [0.4, 0.5) is 0 Å². The van der Waals surface area contributed by atoms with Gasteiger partial charge in [-0.2, -0.15) is 0 Å². The minimum absolute atomic E-state index is 0.0578. The summed E-state index contributed by atoms with van der Waals surface area (Å²) < 4.78 is 5.12. The highest BCUT2D eigenvalue weighted by molar-refractivity contribution is 6.30. The zero-order valence-corrected chi connectivity index (χ0v) is 11.0. The van der Waals surface area contributed by atoms with Gasteiger partial charge in [-0.15, -0.1) is 0 Å². The van der Waals surface area contributed by atoms with E-state index in [1.54, 1.807) is 37.4 Å². The second-order valence-electron chi connectivity index (χ2n) is 4.03. The minimum Gasteiger partial charge on any atom is -0.506 e. The number of pyridine rings is 1. The summed E-state index contributed by atoms with van der Waals surface area (Å²) in [5, 5.41) is 10.1. The average Bonchev–Trinajstić information content (AvgIpc) is 2.40. The second kappa shape index (κ2) is 5.71. The van der Waals surface area contributed by atoms with Crippen LogP contribution in [0, 0.1) is 6.92 Å². The third-order valence-electron chi connectivity index (χ3n) is 2.57. The molecule has 0 atom stereocenters. The molecule has 2 aromatic rings. The Morgan fingerprint density at radius 3 is 2.68 bits per heavy atom. The molecule has 0 amide bonds. The number of rotatable bonds is 3. The Morgan fingerprint density at radius 1 is 1.37 bits per heavy atom. The molecule has 5 heteroatoms. The summed E-state index contributed by atoms with van der Waals surface area (Å²) in [6.07, 6.45) is 1.56. The van der Waals surface area contributed by atoms with Crippen LogP contribution in [0.5, 0.6) is 5.75 Å². The van der Waals surface area contributed by atoms with Crippen LogP contribution in [0.3, 0.4) is 0 Å². The van der Waals surface area contributed by atoms with Crippen LogP contribution in [0.1, 0.15) is 21.6 Å². The zero-order chi connectivity index (χ0) is 13.8. The Bertz CT molecular complexity index is 596. The first-order valence-corrected chi connectivity index (χ1v) is 6.01. The Kier molecular flexibility index (Phi) is 4.02. The number of carbonyl (C=O) groups excluding carboxylic acids is 1. The summed E-state index contributed by atoms with van der Waals surface area (Å²) >= 11 is 5.73. The van der Waals surface area contributed by atoms with Crippen molar-refractivity contribution in [2.24, 2.45) is 0 Å². The van der Waals surface area contributed by atoms with E-state index in [4.69, 9.17) is 16.3 Å². The van der Waals surface area contributed by atoms with Gasteiger partial charge in [0, 0.05) is 16.8 Å². The highest BCUT2D eigenvalue weighted by Gasteiger charge is 2.08. The Morgan fingerprint density at radius 2 is 2.05 bits per heavy atom. The van der Waals surface area contributed by atoms with E-state index in [-0.39, 0.29) is 12.4 Å². The van der Waals surface area contributed by atoms with Gasteiger partial charge in [0.25, 0.3) is 0 Å². The SMILES string of the molecule is Cc1ncc(COC(=O)c2ccc(Cl)cc2)cc1O. The van der Waals surface area contributed by atoms with Gasteiger partial charge in [-0.3, -0.25) is 4.98 Å². The molecular formula is C14H12ClNO3. The highest BCUT2D eigenvalue weighted by atomic mass is 35.5. The standard InChI is InChI=1S/C14H12ClNO3/c1-9-13(17)6-10(7-16-9)8-19-14(18)11-2-4-12(15)5-3-11/h2-7,17H,8H2,1H3. The molecule has 0 bridgehead atoms. The quantitative estimate of drug-likeness (QED) is 0.876. The maximum absolute atomic E-state index is 11.7. The van der Waals surface area contributed by atoms with Crippen LogP contribution in [0.2, 0.25) is 5.02 Å². The lowest BCUT2D eigenvalue weighted by molar-refractivity contribution is 0.0472. The van der Waals surface area contributed by atoms with Crippen molar-refractivity contribution in [1.29, 1.82) is 0 Å². The molecule has 0 aliphatic carbocycles. The molecule has 0 fully saturated rings. The van der Waals surface area contributed by atoms with Crippen molar-refractivity contribution < 1.29 is 14.6 Å². The summed E-state index contributed by atoms with van der Waals surface area (Å²) in [5.41, 5.74) is 1.59. The predicted molar refractivity (Wildman–Crippen MR) is 71.2 cm³/mol. The van der Waals surface area contributed by atoms with Crippen molar-refractivity contribution in [3.8, 4) is 5.75 Å². The van der Waals surface area contributed by atoms with Gasteiger partial charge in [0.15, 0.2) is 0 Å². The first-order chi connectivity index (χ1) is 9.06. The lowest BCUT2D eigenvalue weighted by Crippen LogP contribution is -2.05. The maximum atomic E-state index is 11.7. The monoisotopic (exact) mass is 277 g/mol. The molecule has 19 heavy (non-hydrogen) atoms. The summed E-state index contributed by atoms with van der Waals surface area (Å²) in [7, 11) is 0. The Labute approximate surface area is 115 Å². The summed E-state index contributed by atoms with van der Waals surface area (Å²) in [6.45, 7) is 1.75. The topological polar surface area (TPSA) is 59.4 Å². The molecule has 0 aliphatic heterocycles. The first kappa shape index (κ1) is 13.4. The van der Waals surface area contributed by atoms with Crippen LogP contribution < -0.4 is 0 Å².